The molecular formula is C13H16BrNO3. The molecule has 0 bridgehead atoms. The Kier molecular flexibility index (Phi) is 6.43. The Hall–Kier alpha value is -1.36. The smallest absolute Gasteiger partial charge is 0.336 e. The van der Waals surface area contributed by atoms with Crippen LogP contribution in [-0.2, 0) is 0 Å². The van der Waals surface area contributed by atoms with Crippen molar-refractivity contribution in [2.24, 2.45) is 0 Å². The lowest BCUT2D eigenvalue weighted by Gasteiger charge is -2.07. The number of rotatable bonds is 7. The van der Waals surface area contributed by atoms with Gasteiger partial charge in [0.15, 0.2) is 0 Å². The molecule has 0 saturated carbocycles. The van der Waals surface area contributed by atoms with E-state index in [1.54, 1.807) is 12.1 Å². The second-order valence-electron chi connectivity index (χ2n) is 3.86. The van der Waals surface area contributed by atoms with E-state index in [9.17, 15) is 9.59 Å². The fourth-order valence-corrected chi connectivity index (χ4v) is 1.96. The molecule has 0 aromatic heterocycles. The minimum Gasteiger partial charge on any atom is -0.478 e. The highest BCUT2D eigenvalue weighted by molar-refractivity contribution is 9.09. The molecule has 5 heteroatoms. The lowest BCUT2D eigenvalue weighted by Crippen LogP contribution is -2.26. The van der Waals surface area contributed by atoms with E-state index >= 15 is 0 Å². The number of benzene rings is 1. The molecule has 0 saturated heterocycles. The van der Waals surface area contributed by atoms with Gasteiger partial charge in [-0.15, -0.1) is 0 Å². The van der Waals surface area contributed by atoms with E-state index in [2.05, 4.69) is 21.2 Å². The van der Waals surface area contributed by atoms with Gasteiger partial charge >= 0.3 is 5.97 Å². The number of carboxylic acid groups (broad SMARTS) is 1. The molecule has 1 amide bonds. The molecule has 0 aliphatic heterocycles. The van der Waals surface area contributed by atoms with Gasteiger partial charge in [-0.2, -0.15) is 0 Å². The van der Waals surface area contributed by atoms with E-state index in [1.165, 1.54) is 12.1 Å². The molecular weight excluding hydrogens is 298 g/mol. The largest absolute Gasteiger partial charge is 0.478 e. The summed E-state index contributed by atoms with van der Waals surface area (Å²) >= 11 is 3.34. The van der Waals surface area contributed by atoms with Crippen LogP contribution in [-0.4, -0.2) is 28.9 Å². The lowest BCUT2D eigenvalue weighted by molar-refractivity contribution is 0.0691. The normalized spacial score (nSPS) is 10.1. The Balaban J connectivity index is 2.54. The summed E-state index contributed by atoms with van der Waals surface area (Å²) < 4.78 is 0. The van der Waals surface area contributed by atoms with Crippen LogP contribution in [0.2, 0.25) is 0 Å². The van der Waals surface area contributed by atoms with Gasteiger partial charge in [0, 0.05) is 11.9 Å². The van der Waals surface area contributed by atoms with Gasteiger partial charge in [-0.05, 0) is 25.0 Å². The summed E-state index contributed by atoms with van der Waals surface area (Å²) in [6, 6.07) is 6.22. The summed E-state index contributed by atoms with van der Waals surface area (Å²) in [7, 11) is 0. The summed E-state index contributed by atoms with van der Waals surface area (Å²) in [5.74, 6) is -1.41. The Morgan fingerprint density at radius 1 is 1.11 bits per heavy atom. The van der Waals surface area contributed by atoms with E-state index in [0.29, 0.717) is 6.54 Å². The van der Waals surface area contributed by atoms with Gasteiger partial charge in [0.2, 0.25) is 0 Å². The SMILES string of the molecule is O=C(O)c1ccccc1C(=O)NCCCCCBr. The average Bonchev–Trinajstić information content (AvgIpc) is 2.38. The van der Waals surface area contributed by atoms with Crippen molar-refractivity contribution in [2.45, 2.75) is 19.3 Å². The first-order valence-electron chi connectivity index (χ1n) is 5.83. The van der Waals surface area contributed by atoms with Gasteiger partial charge in [0.25, 0.3) is 5.91 Å². The van der Waals surface area contributed by atoms with Gasteiger partial charge in [-0.1, -0.05) is 34.5 Å². The number of aromatic carboxylic acids is 1. The molecule has 0 aliphatic carbocycles. The van der Waals surface area contributed by atoms with Gasteiger partial charge in [-0.25, -0.2) is 4.79 Å². The summed E-state index contributed by atoms with van der Waals surface area (Å²) in [6.07, 6.45) is 3.00. The minimum atomic E-state index is -1.08. The molecule has 98 valence electrons. The summed E-state index contributed by atoms with van der Waals surface area (Å²) in [6.45, 7) is 0.569. The molecule has 4 nitrogen and oxygen atoms in total. The van der Waals surface area contributed by atoms with Crippen LogP contribution in [0.5, 0.6) is 0 Å². The highest BCUT2D eigenvalue weighted by Crippen LogP contribution is 2.08. The van der Waals surface area contributed by atoms with Crippen molar-refractivity contribution in [3.8, 4) is 0 Å². The van der Waals surface area contributed by atoms with Crippen LogP contribution in [0.25, 0.3) is 0 Å². The molecule has 0 atom stereocenters. The zero-order valence-electron chi connectivity index (χ0n) is 9.99. The number of amides is 1. The zero-order valence-corrected chi connectivity index (χ0v) is 11.6. The maximum absolute atomic E-state index is 11.8. The number of nitrogens with one attached hydrogen (secondary N) is 1. The molecule has 1 aromatic rings. The monoisotopic (exact) mass is 313 g/mol. The third kappa shape index (κ3) is 4.49. The van der Waals surface area contributed by atoms with Gasteiger partial charge in [0.05, 0.1) is 11.1 Å². The van der Waals surface area contributed by atoms with Gasteiger partial charge < -0.3 is 10.4 Å². The molecule has 0 spiro atoms. The predicted octanol–water partition coefficient (Wildman–Crippen LogP) is 2.68. The first-order chi connectivity index (χ1) is 8.66. The fourth-order valence-electron chi connectivity index (χ4n) is 1.56. The van der Waals surface area contributed by atoms with Crippen molar-refractivity contribution in [1.82, 2.24) is 5.32 Å². The second-order valence-corrected chi connectivity index (χ2v) is 4.65. The molecule has 1 aromatic carbocycles. The molecule has 0 radical (unpaired) electrons. The highest BCUT2D eigenvalue weighted by atomic mass is 79.9. The van der Waals surface area contributed by atoms with Crippen molar-refractivity contribution in [3.05, 3.63) is 35.4 Å². The highest BCUT2D eigenvalue weighted by Gasteiger charge is 2.14. The maximum Gasteiger partial charge on any atom is 0.336 e. The number of carbonyl (C=O) groups excluding carboxylic acids is 1. The predicted molar refractivity (Wildman–Crippen MR) is 73.4 cm³/mol. The fraction of sp³-hybridized carbons (Fsp3) is 0.385. The Labute approximate surface area is 115 Å². The first kappa shape index (κ1) is 14.7. The third-order valence-electron chi connectivity index (χ3n) is 2.50. The Morgan fingerprint density at radius 2 is 1.78 bits per heavy atom. The van der Waals surface area contributed by atoms with Gasteiger partial charge in [-0.3, -0.25) is 4.79 Å². The number of hydrogen-bond donors (Lipinski definition) is 2. The van der Waals surface area contributed by atoms with E-state index < -0.39 is 5.97 Å². The molecule has 0 unspecified atom stereocenters. The molecule has 0 heterocycles. The summed E-state index contributed by atoms with van der Waals surface area (Å²) in [5.41, 5.74) is 0.251. The van der Waals surface area contributed by atoms with Crippen LogP contribution in [0.15, 0.2) is 24.3 Å². The van der Waals surface area contributed by atoms with Crippen LogP contribution in [0.3, 0.4) is 0 Å². The number of carboxylic acids is 1. The van der Waals surface area contributed by atoms with E-state index in [4.69, 9.17) is 5.11 Å². The molecule has 18 heavy (non-hydrogen) atoms. The Bertz CT molecular complexity index is 420. The standard InChI is InChI=1S/C13H16BrNO3/c14-8-4-1-5-9-15-12(16)10-6-2-3-7-11(10)13(17)18/h2-3,6-7H,1,4-5,8-9H2,(H,15,16)(H,17,18). The quantitative estimate of drug-likeness (QED) is 0.601. The third-order valence-corrected chi connectivity index (χ3v) is 3.06. The van der Waals surface area contributed by atoms with Crippen LogP contribution in [0, 0.1) is 0 Å². The molecule has 0 aliphatic rings. The summed E-state index contributed by atoms with van der Waals surface area (Å²) in [4.78, 5) is 22.8. The number of alkyl halides is 1. The Morgan fingerprint density at radius 3 is 2.39 bits per heavy atom. The van der Waals surface area contributed by atoms with E-state index in [-0.39, 0.29) is 17.0 Å². The summed E-state index contributed by atoms with van der Waals surface area (Å²) in [5, 5.41) is 12.7. The minimum absolute atomic E-state index is 0.0375. The van der Waals surface area contributed by atoms with Crippen molar-refractivity contribution in [1.29, 1.82) is 0 Å². The molecule has 1 rings (SSSR count). The molecule has 0 fully saturated rings. The van der Waals surface area contributed by atoms with Crippen molar-refractivity contribution in [3.63, 3.8) is 0 Å². The number of carbonyl (C=O) groups is 2. The molecule has 2 N–H and O–H groups in total. The van der Waals surface area contributed by atoms with Gasteiger partial charge in [0.1, 0.15) is 0 Å². The van der Waals surface area contributed by atoms with Crippen LogP contribution in [0.4, 0.5) is 0 Å². The maximum atomic E-state index is 11.8. The van der Waals surface area contributed by atoms with Crippen LogP contribution < -0.4 is 5.32 Å². The van der Waals surface area contributed by atoms with E-state index in [1.807, 2.05) is 0 Å². The number of halogens is 1. The second kappa shape index (κ2) is 7.87. The van der Waals surface area contributed by atoms with Crippen LogP contribution in [0.1, 0.15) is 40.0 Å². The number of hydrogen-bond acceptors (Lipinski definition) is 2. The van der Waals surface area contributed by atoms with Crippen molar-refractivity contribution in [2.75, 3.05) is 11.9 Å². The van der Waals surface area contributed by atoms with Crippen molar-refractivity contribution >= 4 is 27.8 Å². The topological polar surface area (TPSA) is 66.4 Å². The van der Waals surface area contributed by atoms with Crippen molar-refractivity contribution < 1.29 is 14.7 Å². The first-order valence-corrected chi connectivity index (χ1v) is 6.95. The zero-order chi connectivity index (χ0) is 13.4. The average molecular weight is 314 g/mol. The lowest BCUT2D eigenvalue weighted by atomic mass is 10.1. The number of unbranched alkanes of at least 4 members (excludes halogenated alkanes) is 2. The van der Waals surface area contributed by atoms with E-state index in [0.717, 1.165) is 24.6 Å². The van der Waals surface area contributed by atoms with Crippen LogP contribution >= 0.6 is 15.9 Å².